The number of hydrogen-bond acceptors (Lipinski definition) is 10. The van der Waals surface area contributed by atoms with Gasteiger partial charge in [0.1, 0.15) is 5.82 Å². The lowest BCUT2D eigenvalue weighted by Gasteiger charge is -2.37. The molecule has 0 saturated carbocycles. The molecule has 0 radical (unpaired) electrons. The minimum atomic E-state index is -0.221. The second-order valence-corrected chi connectivity index (χ2v) is 16.8. The fourth-order valence-corrected chi connectivity index (χ4v) is 8.90. The molecule has 1 aromatic carbocycles. The molecule has 2 amide bonds. The molecule has 0 bridgehead atoms. The zero-order chi connectivity index (χ0) is 42.3. The van der Waals surface area contributed by atoms with Crippen LogP contribution in [0.4, 0.5) is 11.5 Å². The van der Waals surface area contributed by atoms with Crippen LogP contribution in [-0.2, 0) is 32.0 Å². The van der Waals surface area contributed by atoms with Gasteiger partial charge in [-0.25, -0.2) is 9.67 Å². The molecule has 2 N–H and O–H groups in total. The molecule has 324 valence electrons. The van der Waals surface area contributed by atoms with E-state index in [1.54, 1.807) is 0 Å². The molecule has 0 aliphatic carbocycles. The van der Waals surface area contributed by atoms with E-state index in [-0.39, 0.29) is 30.1 Å². The van der Waals surface area contributed by atoms with Gasteiger partial charge in [0.05, 0.1) is 24.9 Å². The van der Waals surface area contributed by atoms with Crippen LogP contribution in [-0.4, -0.2) is 115 Å². The number of anilines is 2. The van der Waals surface area contributed by atoms with Gasteiger partial charge in [0.2, 0.25) is 11.8 Å². The van der Waals surface area contributed by atoms with Gasteiger partial charge in [-0.1, -0.05) is 24.0 Å². The summed E-state index contributed by atoms with van der Waals surface area (Å²) in [5.41, 5.74) is 15.9. The number of unbranched alkanes of at least 4 members (excludes halogenated alkanes) is 3. The van der Waals surface area contributed by atoms with E-state index in [1.165, 1.54) is 12.7 Å². The van der Waals surface area contributed by atoms with Gasteiger partial charge in [-0.05, 0) is 125 Å². The monoisotopic (exact) mass is 824 g/mol. The predicted octanol–water partition coefficient (Wildman–Crippen LogP) is 6.65. The lowest BCUT2D eigenvalue weighted by atomic mass is 9.93. The molecular formula is C45H65N11O4. The molecule has 3 aliphatic rings. The Balaban J connectivity index is 1.05. The molecular weight excluding hydrogens is 759 g/mol. The normalized spacial score (nSPS) is 17.1. The first-order valence-corrected chi connectivity index (χ1v) is 22.2. The van der Waals surface area contributed by atoms with Crippen LogP contribution in [0, 0.1) is 19.8 Å². The van der Waals surface area contributed by atoms with Gasteiger partial charge in [0.15, 0.2) is 0 Å². The summed E-state index contributed by atoms with van der Waals surface area (Å²) in [4.78, 5) is 53.0. The number of amides is 2. The number of esters is 1. The molecule has 15 heteroatoms. The zero-order valence-electron chi connectivity index (χ0n) is 36.0. The number of likely N-dealkylation sites (tertiary alicyclic amines) is 1. The Morgan fingerprint density at radius 3 is 2.60 bits per heavy atom. The summed E-state index contributed by atoms with van der Waals surface area (Å²) in [6.45, 7) is 11.5. The number of benzene rings is 1. The lowest BCUT2D eigenvalue weighted by molar-refractivity contribution is -0.141. The zero-order valence-corrected chi connectivity index (χ0v) is 36.0. The van der Waals surface area contributed by atoms with Crippen molar-refractivity contribution < 1.29 is 19.1 Å². The van der Waals surface area contributed by atoms with E-state index in [1.807, 2.05) is 16.5 Å². The predicted molar refractivity (Wildman–Crippen MR) is 234 cm³/mol. The Bertz CT molecular complexity index is 1950. The molecule has 0 unspecified atom stereocenters. The number of piperazine rings is 1. The van der Waals surface area contributed by atoms with Gasteiger partial charge >= 0.3 is 5.97 Å². The average Bonchev–Trinajstić information content (AvgIpc) is 3.87. The number of carbonyl (C=O) groups is 3. The molecule has 2 atom stereocenters. The summed E-state index contributed by atoms with van der Waals surface area (Å²) < 4.78 is 7.23. The van der Waals surface area contributed by atoms with Crippen LogP contribution in [0.15, 0.2) is 41.5 Å². The van der Waals surface area contributed by atoms with Crippen molar-refractivity contribution in [1.29, 1.82) is 0 Å². The molecule has 2 aromatic heterocycles. The number of rotatable bonds is 21. The number of nitrogens with one attached hydrogen (secondary N) is 2. The number of aryl methyl sites for hydroxylation is 4. The van der Waals surface area contributed by atoms with Crippen LogP contribution < -0.4 is 15.5 Å². The first-order valence-electron chi connectivity index (χ1n) is 22.2. The third-order valence-electron chi connectivity index (χ3n) is 12.3. The van der Waals surface area contributed by atoms with Crippen molar-refractivity contribution in [2.75, 3.05) is 82.8 Å². The summed E-state index contributed by atoms with van der Waals surface area (Å²) in [7, 11) is 1.46. The van der Waals surface area contributed by atoms with Crippen molar-refractivity contribution >= 4 is 29.3 Å². The number of azide groups is 1. The van der Waals surface area contributed by atoms with Crippen LogP contribution in [0.3, 0.4) is 0 Å². The molecule has 5 heterocycles. The molecule has 0 spiro atoms. The highest BCUT2D eigenvalue weighted by Crippen LogP contribution is 2.33. The molecule has 3 aromatic rings. The highest BCUT2D eigenvalue weighted by molar-refractivity contribution is 5.79. The number of nitrogens with zero attached hydrogens (tertiary/aromatic N) is 9. The molecule has 6 rings (SSSR count). The number of aromatic nitrogens is 3. The number of carbonyl (C=O) groups excluding carboxylic acids is 3. The third-order valence-corrected chi connectivity index (χ3v) is 12.3. The molecule has 60 heavy (non-hydrogen) atoms. The van der Waals surface area contributed by atoms with Crippen molar-refractivity contribution in [3.05, 3.63) is 75.0 Å². The first-order chi connectivity index (χ1) is 29.2. The van der Waals surface area contributed by atoms with E-state index in [0.717, 1.165) is 124 Å². The summed E-state index contributed by atoms with van der Waals surface area (Å²) in [6.07, 6.45) is 10.6. The smallest absolute Gasteiger partial charge is 0.306 e. The minimum Gasteiger partial charge on any atom is -0.469 e. The summed E-state index contributed by atoms with van der Waals surface area (Å²) >= 11 is 0. The largest absolute Gasteiger partial charge is 0.469 e. The second kappa shape index (κ2) is 22.5. The highest BCUT2D eigenvalue weighted by atomic mass is 16.5. The summed E-state index contributed by atoms with van der Waals surface area (Å²) in [5, 5.41) is 14.8. The first kappa shape index (κ1) is 44.4. The van der Waals surface area contributed by atoms with Crippen molar-refractivity contribution in [3.8, 4) is 5.69 Å². The maximum atomic E-state index is 13.2. The highest BCUT2D eigenvalue weighted by Gasteiger charge is 2.29. The number of methoxy groups -OCH3 is 1. The van der Waals surface area contributed by atoms with Crippen molar-refractivity contribution in [3.63, 3.8) is 0 Å². The Morgan fingerprint density at radius 1 is 1.00 bits per heavy atom. The van der Waals surface area contributed by atoms with Crippen LogP contribution in [0.5, 0.6) is 0 Å². The van der Waals surface area contributed by atoms with Crippen LogP contribution in [0.25, 0.3) is 16.1 Å². The van der Waals surface area contributed by atoms with Gasteiger partial charge in [0, 0.05) is 99.6 Å². The number of ether oxygens (including phenoxy) is 1. The molecule has 2 fully saturated rings. The molecule has 3 aliphatic heterocycles. The number of fused-ring (bicyclic) bond motifs is 1. The minimum absolute atomic E-state index is 0.0219. The Morgan fingerprint density at radius 2 is 1.82 bits per heavy atom. The van der Waals surface area contributed by atoms with Gasteiger partial charge in [0.25, 0.3) is 0 Å². The summed E-state index contributed by atoms with van der Waals surface area (Å²) in [6, 6.07) is 13.1. The maximum Gasteiger partial charge on any atom is 0.306 e. The maximum absolute atomic E-state index is 13.2. The van der Waals surface area contributed by atoms with Crippen LogP contribution in [0.1, 0.15) is 105 Å². The van der Waals surface area contributed by atoms with Crippen molar-refractivity contribution in [2.24, 2.45) is 11.0 Å². The van der Waals surface area contributed by atoms with E-state index in [4.69, 9.17) is 20.4 Å². The van der Waals surface area contributed by atoms with E-state index < -0.39 is 0 Å². The number of hydrogen-bond donors (Lipinski definition) is 2. The van der Waals surface area contributed by atoms with Crippen molar-refractivity contribution in [1.82, 2.24) is 29.9 Å². The van der Waals surface area contributed by atoms with Crippen molar-refractivity contribution in [2.45, 2.75) is 103 Å². The van der Waals surface area contributed by atoms with Gasteiger partial charge in [-0.2, -0.15) is 5.10 Å². The van der Waals surface area contributed by atoms with Gasteiger partial charge in [-0.3, -0.25) is 14.4 Å². The van der Waals surface area contributed by atoms with E-state index in [9.17, 15) is 14.4 Å². The fourth-order valence-electron chi connectivity index (χ4n) is 8.90. The molecule has 15 nitrogen and oxygen atoms in total. The second-order valence-electron chi connectivity index (χ2n) is 16.8. The fraction of sp³-hybridized carbons (Fsp3) is 0.622. The Labute approximate surface area is 355 Å². The number of pyridine rings is 1. The topological polar surface area (TPSA) is 174 Å². The van der Waals surface area contributed by atoms with Crippen LogP contribution >= 0.6 is 0 Å². The van der Waals surface area contributed by atoms with E-state index in [2.05, 4.69) is 73.8 Å². The SMILES string of the molecule is COC(=O)C[C@@H](CN1CC[C@@H](CCc2ccc3c(n2)NCCC3)C1)c1cc(N2CCN(C(=O)CCCC(=O)NCCCCCCN=[N+]=[N-])CC2)cc(-n2nc(C)cc2C)c1. The van der Waals surface area contributed by atoms with E-state index in [0.29, 0.717) is 64.4 Å². The van der Waals surface area contributed by atoms with Gasteiger partial charge < -0.3 is 30.1 Å². The lowest BCUT2D eigenvalue weighted by Crippen LogP contribution is -2.48. The standard InChI is InChI=1S/C45H65N11O4/c1-33-26-34(2)56(51-33)41-28-37(38(29-44(59)60-3)32-53-21-17-35(31-53)13-15-39-16-14-36-10-9-19-48-45(36)50-39)27-40(30-41)54-22-24-55(25-23-54)43(58)12-8-11-42(57)47-18-6-4-5-7-20-49-52-46/h14,16,26-28,30,35,38H,4-13,15,17-25,29,31-32H2,1-3H3,(H,47,57)(H,48,50)/t35-,38+/m1/s1. The quantitative estimate of drug-likeness (QED) is 0.0392. The average molecular weight is 824 g/mol. The van der Waals surface area contributed by atoms with Gasteiger partial charge in [-0.15, -0.1) is 0 Å². The van der Waals surface area contributed by atoms with Crippen LogP contribution in [0.2, 0.25) is 0 Å². The Hall–Kier alpha value is -5.14. The summed E-state index contributed by atoms with van der Waals surface area (Å²) in [5.74, 6) is 1.40. The third kappa shape index (κ3) is 12.9. The van der Waals surface area contributed by atoms with E-state index >= 15 is 0 Å². The molecule has 2 saturated heterocycles. The Kier molecular flexibility index (Phi) is 16.6.